The van der Waals surface area contributed by atoms with Gasteiger partial charge in [0.25, 0.3) is 0 Å². The number of ketones is 1. The molecule has 3 fully saturated rings. The van der Waals surface area contributed by atoms with E-state index in [1.54, 1.807) is 42.1 Å². The second kappa shape index (κ2) is 44.2. The second-order valence-electron chi connectivity index (χ2n) is 31.6. The Morgan fingerprint density at radius 1 is 0.615 bits per heavy atom. The number of benzene rings is 6. The lowest BCUT2D eigenvalue weighted by Gasteiger charge is -2.28. The van der Waals surface area contributed by atoms with E-state index in [0.717, 1.165) is 83.8 Å². The maximum Gasteiger partial charge on any atom is 0.182 e. The summed E-state index contributed by atoms with van der Waals surface area (Å²) in [5.41, 5.74) is 26.9. The zero-order valence-electron chi connectivity index (χ0n) is 68.5. The normalized spacial score (nSPS) is 15.3. The summed E-state index contributed by atoms with van der Waals surface area (Å²) in [4.78, 5) is 28.3. The first-order valence-corrected chi connectivity index (χ1v) is 41.0. The Kier molecular flexibility index (Phi) is 35.5. The number of oxazole rings is 1. The molecule has 12 nitrogen and oxygen atoms in total. The van der Waals surface area contributed by atoms with Gasteiger partial charge in [0.2, 0.25) is 0 Å². The average Bonchev–Trinajstić information content (AvgIpc) is 1.34. The summed E-state index contributed by atoms with van der Waals surface area (Å²) in [6.07, 6.45) is 10.3. The topological polar surface area (TPSA) is 162 Å². The SMILES string of the molecule is C=C(OC(C)(C)C)N1CCC(c2cccc(C(C)C)c2)C1.CC(=O)CN1CCC(c2cccc(C(C)C)c2)C1.CC(C)c1cc(C#CCN)cc(-c2ccco2)c1.CC(C)c1ccc(C#CCN)c(-c2cnco2)c1.CC(C)c1cccc(C2CCNC2)c1.CC(C)c1nc2ccccc2s1.CC(C)c1nccs1. The zero-order chi connectivity index (χ0) is 79.2. The summed E-state index contributed by atoms with van der Waals surface area (Å²) in [6.45, 7) is 50.6. The van der Waals surface area contributed by atoms with Crippen LogP contribution in [0.15, 0.2) is 197 Å². The molecule has 0 saturated carbocycles. The van der Waals surface area contributed by atoms with Crippen molar-refractivity contribution in [1.29, 1.82) is 0 Å². The molecule has 109 heavy (non-hydrogen) atoms. The van der Waals surface area contributed by atoms with Gasteiger partial charge in [0.15, 0.2) is 18.0 Å². The number of aromatic nitrogens is 3. The molecule has 4 aromatic heterocycles. The Morgan fingerprint density at radius 2 is 1.20 bits per heavy atom. The molecule has 3 aliphatic heterocycles. The molecule has 0 aliphatic carbocycles. The van der Waals surface area contributed by atoms with Crippen LogP contribution in [0.25, 0.3) is 32.9 Å². The summed E-state index contributed by atoms with van der Waals surface area (Å²) >= 11 is 3.51. The summed E-state index contributed by atoms with van der Waals surface area (Å²) in [6, 6.07) is 51.7. The lowest BCUT2D eigenvalue weighted by atomic mass is 9.93. The van der Waals surface area contributed by atoms with Gasteiger partial charge in [-0.15, -0.1) is 22.7 Å². The molecule has 0 bridgehead atoms. The Bertz CT molecular complexity index is 4440. The third-order valence-electron chi connectivity index (χ3n) is 19.1. The number of nitrogens with zero attached hydrogens (tertiary/aromatic N) is 5. The van der Waals surface area contributed by atoms with Crippen LogP contribution in [-0.2, 0) is 9.53 Å². The van der Waals surface area contributed by atoms with E-state index in [4.69, 9.17) is 25.0 Å². The van der Waals surface area contributed by atoms with Gasteiger partial charge < -0.3 is 35.3 Å². The fourth-order valence-electron chi connectivity index (χ4n) is 12.9. The molecule has 14 heteroatoms. The molecule has 7 heterocycles. The quantitative estimate of drug-likeness (QED) is 0.0621. The predicted molar refractivity (Wildman–Crippen MR) is 461 cm³/mol. The Morgan fingerprint density at radius 3 is 1.71 bits per heavy atom. The van der Waals surface area contributed by atoms with Gasteiger partial charge in [0.1, 0.15) is 17.1 Å². The molecule has 0 amide bonds. The van der Waals surface area contributed by atoms with E-state index in [0.29, 0.717) is 72.9 Å². The van der Waals surface area contributed by atoms with Gasteiger partial charge in [-0.1, -0.05) is 212 Å². The Hall–Kier alpha value is -8.70. The molecule has 3 atom stereocenters. The van der Waals surface area contributed by atoms with Crippen molar-refractivity contribution in [3.63, 3.8) is 0 Å². The molecular weight excluding hydrogens is 1380 g/mol. The Balaban J connectivity index is 0.000000179. The summed E-state index contributed by atoms with van der Waals surface area (Å²) in [5.74, 6) is 20.4. The van der Waals surface area contributed by atoms with E-state index >= 15 is 0 Å². The first-order chi connectivity index (χ1) is 52.1. The fraction of sp³-hybridized carbons (Fsp3) is 0.432. The first-order valence-electron chi connectivity index (χ1n) is 39.3. The van der Waals surface area contributed by atoms with Gasteiger partial charge >= 0.3 is 0 Å². The minimum absolute atomic E-state index is 0.174. The number of para-hydroxylation sites is 1. The third kappa shape index (κ3) is 28.9. The first kappa shape index (κ1) is 87.5. The van der Waals surface area contributed by atoms with Crippen LogP contribution in [0.1, 0.15) is 269 Å². The molecule has 3 unspecified atom stereocenters. The van der Waals surface area contributed by atoms with Gasteiger partial charge in [0, 0.05) is 77.8 Å². The number of thiazole rings is 2. The minimum atomic E-state index is -0.174. The van der Waals surface area contributed by atoms with E-state index in [2.05, 4.69) is 293 Å². The number of likely N-dealkylation sites (tertiary alicyclic amines) is 2. The van der Waals surface area contributed by atoms with Crippen molar-refractivity contribution < 1.29 is 18.4 Å². The van der Waals surface area contributed by atoms with Gasteiger partial charge in [-0.3, -0.25) is 9.69 Å². The molecular formula is C95H124N8O4S2. The largest absolute Gasteiger partial charge is 0.474 e. The van der Waals surface area contributed by atoms with Gasteiger partial charge in [-0.25, -0.2) is 15.0 Å². The van der Waals surface area contributed by atoms with Crippen molar-refractivity contribution in [3.05, 3.63) is 254 Å². The van der Waals surface area contributed by atoms with Crippen LogP contribution >= 0.6 is 22.7 Å². The molecule has 0 radical (unpaired) electrons. The summed E-state index contributed by atoms with van der Waals surface area (Å²) in [7, 11) is 0. The van der Waals surface area contributed by atoms with Crippen LogP contribution in [0.3, 0.4) is 0 Å². The molecule has 5 N–H and O–H groups in total. The molecule has 6 aromatic carbocycles. The lowest BCUT2D eigenvalue weighted by Crippen LogP contribution is -2.28. The third-order valence-corrected chi connectivity index (χ3v) is 21.5. The van der Waals surface area contributed by atoms with Crippen LogP contribution in [0.4, 0.5) is 0 Å². The van der Waals surface area contributed by atoms with Crippen molar-refractivity contribution in [1.82, 2.24) is 30.1 Å². The average molecular weight is 1510 g/mol. The number of rotatable bonds is 16. The number of carbonyl (C=O) groups excluding carboxylic acids is 1. The molecule has 3 saturated heterocycles. The maximum absolute atomic E-state index is 11.1. The van der Waals surface area contributed by atoms with Crippen molar-refractivity contribution in [3.8, 4) is 46.3 Å². The number of nitrogens with one attached hydrogen (secondary N) is 1. The maximum atomic E-state index is 11.1. The van der Waals surface area contributed by atoms with Gasteiger partial charge in [-0.05, 0) is 207 Å². The molecule has 10 aromatic rings. The smallest absolute Gasteiger partial charge is 0.182 e. The highest BCUT2D eigenvalue weighted by Gasteiger charge is 2.28. The number of Topliss-reactive ketones (excluding diaryl/α,β-unsaturated/α-hetero) is 1. The van der Waals surface area contributed by atoms with Crippen LogP contribution in [0, 0.1) is 23.7 Å². The Labute approximate surface area is 662 Å². The highest BCUT2D eigenvalue weighted by molar-refractivity contribution is 7.18. The highest BCUT2D eigenvalue weighted by Crippen LogP contribution is 2.35. The summed E-state index contributed by atoms with van der Waals surface area (Å²) < 4.78 is 18.0. The molecule has 0 spiro atoms. The standard InChI is InChI=1S/C19H29NO.C16H23NO.C16H17NO.C15H16N2O.C13H19N.C10H11NS.C6H9NS/c1-14(2)16-8-7-9-17(12-16)18-10-11-20(13-18)15(3)21-19(4,5)6;1-12(2)14-5-4-6-15(9-14)16-7-8-17(11-16)10-13(3)18;1-12(2)14-9-13(5-3-7-17)10-15(11-14)16-6-4-8-18-16;1-11(2)13-6-5-12(4-3-7-16)14(8-13)15-9-17-10-18-15;1-10(2)11-4-3-5-12(8-11)13-6-7-14-9-13;1-7(2)10-11-8-5-3-4-6-9(8)12-10;1-5(2)6-7-3-4-8-6/h7-9,12,14,18H,3,10-11,13H2,1-2,4-6H3;4-6,9,12,16H,7-8,10-11H2,1-3H3;4,6,8-12H,7,17H2,1-2H3;5-6,8-11H,7,16H2,1-2H3;3-5,8,10,13-14H,6-7,9H2,1-2H3;3-7H,1-2H3;3-5H,1-2H3. The van der Waals surface area contributed by atoms with E-state index in [1.165, 1.54) is 91.4 Å². The zero-order valence-corrected chi connectivity index (χ0v) is 70.2. The number of carbonyl (C=O) groups is 1. The number of nitrogens with two attached hydrogens (primary N) is 2. The van der Waals surface area contributed by atoms with Crippen molar-refractivity contribution in [2.75, 3.05) is 58.9 Å². The van der Waals surface area contributed by atoms with E-state index < -0.39 is 0 Å². The van der Waals surface area contributed by atoms with E-state index in [-0.39, 0.29) is 11.4 Å². The monoisotopic (exact) mass is 1500 g/mol. The number of hydrogen-bond donors (Lipinski definition) is 3. The number of hydrogen-bond acceptors (Lipinski definition) is 14. The highest BCUT2D eigenvalue weighted by atomic mass is 32.1. The second-order valence-corrected chi connectivity index (χ2v) is 33.6. The predicted octanol–water partition coefficient (Wildman–Crippen LogP) is 22.8. The number of fused-ring (bicyclic) bond motifs is 1. The number of ether oxygens (including phenoxy) is 1. The fourth-order valence-corrected chi connectivity index (χ4v) is 14.5. The van der Waals surface area contributed by atoms with Gasteiger partial charge in [0.05, 0.1) is 52.3 Å². The van der Waals surface area contributed by atoms with Crippen molar-refractivity contribution in [2.24, 2.45) is 11.5 Å². The number of furan rings is 1. The summed E-state index contributed by atoms with van der Waals surface area (Å²) in [5, 5.41) is 7.89. The van der Waals surface area contributed by atoms with Crippen LogP contribution in [0.5, 0.6) is 0 Å². The van der Waals surface area contributed by atoms with Crippen molar-refractivity contribution in [2.45, 2.75) is 209 Å². The van der Waals surface area contributed by atoms with E-state index in [1.807, 2.05) is 41.9 Å². The van der Waals surface area contributed by atoms with Crippen LogP contribution in [-0.4, -0.2) is 95.0 Å². The van der Waals surface area contributed by atoms with Crippen LogP contribution < -0.4 is 16.8 Å². The molecule has 13 rings (SSSR count). The minimum Gasteiger partial charge on any atom is -0.474 e. The molecule has 3 aliphatic rings. The van der Waals surface area contributed by atoms with Crippen LogP contribution in [0.2, 0.25) is 0 Å². The molecule has 580 valence electrons. The van der Waals surface area contributed by atoms with E-state index in [9.17, 15) is 4.79 Å². The van der Waals surface area contributed by atoms with Crippen molar-refractivity contribution >= 4 is 38.7 Å². The van der Waals surface area contributed by atoms with Gasteiger partial charge in [-0.2, -0.15) is 0 Å². The lowest BCUT2D eigenvalue weighted by molar-refractivity contribution is -0.117.